The molecule has 5 heteroatoms. The normalized spacial score (nSPS) is 16.8. The summed E-state index contributed by atoms with van der Waals surface area (Å²) in [5.41, 5.74) is 5.32. The zero-order valence-electron chi connectivity index (χ0n) is 11.4. The maximum Gasteiger partial charge on any atom is 0.125 e. The Balaban J connectivity index is 2.22. The number of ether oxygens (including phenoxy) is 2. The molecular weight excluding hydrogens is 308 g/mol. The first-order chi connectivity index (χ1) is 9.19. The van der Waals surface area contributed by atoms with E-state index in [4.69, 9.17) is 15.3 Å². The molecule has 106 valence electrons. The molecule has 3 N–H and O–H groups in total. The summed E-state index contributed by atoms with van der Waals surface area (Å²) in [7, 11) is 1.72. The first-order valence-corrected chi connectivity index (χ1v) is 7.41. The second-order valence-corrected chi connectivity index (χ2v) is 5.73. The lowest BCUT2D eigenvalue weighted by molar-refractivity contribution is 0.0652. The van der Waals surface area contributed by atoms with Gasteiger partial charge in [0.25, 0.3) is 0 Å². The summed E-state index contributed by atoms with van der Waals surface area (Å²) < 4.78 is 12.3. The first kappa shape index (κ1) is 14.8. The number of methoxy groups -OCH3 is 1. The fraction of sp³-hybridized carbons (Fsp3) is 0.571. The number of nitrogens with one attached hydrogen (secondary N) is 1. The Bertz CT molecular complexity index is 436. The van der Waals surface area contributed by atoms with E-state index in [1.165, 1.54) is 11.1 Å². The summed E-state index contributed by atoms with van der Waals surface area (Å²) in [5, 5.41) is 0. The molecule has 0 amide bonds. The summed E-state index contributed by atoms with van der Waals surface area (Å²) in [6.45, 7) is 2.86. The highest BCUT2D eigenvalue weighted by molar-refractivity contribution is 9.10. The molecule has 1 aliphatic rings. The molecule has 0 bridgehead atoms. The summed E-state index contributed by atoms with van der Waals surface area (Å²) in [6.07, 6.45) is 2.79. The second kappa shape index (κ2) is 6.70. The molecular formula is C14H21BrN2O2. The van der Waals surface area contributed by atoms with E-state index in [2.05, 4.69) is 40.4 Å². The second-order valence-electron chi connectivity index (χ2n) is 4.81. The number of rotatable bonds is 6. The molecule has 0 saturated carbocycles. The largest absolute Gasteiger partial charge is 0.493 e. The van der Waals surface area contributed by atoms with E-state index in [0.29, 0.717) is 0 Å². The Labute approximate surface area is 122 Å². The lowest BCUT2D eigenvalue weighted by Gasteiger charge is -2.25. The van der Waals surface area contributed by atoms with Crippen molar-refractivity contribution in [2.24, 2.45) is 5.84 Å². The molecule has 0 radical (unpaired) electrons. The van der Waals surface area contributed by atoms with Crippen molar-refractivity contribution in [1.29, 1.82) is 0 Å². The average Bonchev–Trinajstić information content (AvgIpc) is 2.86. The zero-order valence-corrected chi connectivity index (χ0v) is 13.0. The standard InChI is InChI=1S/C14H21BrN2O2/c1-3-13(18-2)12(17-16)8-10-7-11(15)6-9-4-5-19-14(9)10/h6-7,12-13,17H,3-5,8,16H2,1-2H3. The minimum Gasteiger partial charge on any atom is -0.493 e. The molecule has 2 atom stereocenters. The molecule has 2 rings (SSSR count). The Morgan fingerprint density at radius 1 is 1.53 bits per heavy atom. The van der Waals surface area contributed by atoms with Crippen molar-refractivity contribution in [3.8, 4) is 5.75 Å². The van der Waals surface area contributed by atoms with Gasteiger partial charge in [-0.25, -0.2) is 0 Å². The van der Waals surface area contributed by atoms with Crippen molar-refractivity contribution < 1.29 is 9.47 Å². The number of nitrogens with two attached hydrogens (primary N) is 1. The fourth-order valence-corrected chi connectivity index (χ4v) is 3.20. The molecule has 2 unspecified atom stereocenters. The van der Waals surface area contributed by atoms with E-state index >= 15 is 0 Å². The maximum absolute atomic E-state index is 5.75. The molecule has 0 aliphatic carbocycles. The monoisotopic (exact) mass is 328 g/mol. The van der Waals surface area contributed by atoms with Gasteiger partial charge in [0.15, 0.2) is 0 Å². The van der Waals surface area contributed by atoms with Gasteiger partial charge in [-0.05, 0) is 36.1 Å². The number of hydrogen-bond acceptors (Lipinski definition) is 4. The number of fused-ring (bicyclic) bond motifs is 1. The Morgan fingerprint density at radius 2 is 2.32 bits per heavy atom. The third-order valence-electron chi connectivity index (χ3n) is 3.63. The van der Waals surface area contributed by atoms with Crippen LogP contribution in [-0.2, 0) is 17.6 Å². The first-order valence-electron chi connectivity index (χ1n) is 6.62. The lowest BCUT2D eigenvalue weighted by atomic mass is 9.97. The van der Waals surface area contributed by atoms with Crippen molar-refractivity contribution in [2.45, 2.75) is 38.3 Å². The highest BCUT2D eigenvalue weighted by Gasteiger charge is 2.23. The summed E-state index contributed by atoms with van der Waals surface area (Å²) in [5.74, 6) is 6.70. The third kappa shape index (κ3) is 3.28. The van der Waals surface area contributed by atoms with Crippen LogP contribution in [0.4, 0.5) is 0 Å². The predicted molar refractivity (Wildman–Crippen MR) is 79.2 cm³/mol. The molecule has 0 aromatic heterocycles. The summed E-state index contributed by atoms with van der Waals surface area (Å²) in [6, 6.07) is 4.32. The van der Waals surface area contributed by atoms with Crippen LogP contribution in [0.1, 0.15) is 24.5 Å². The zero-order chi connectivity index (χ0) is 13.8. The smallest absolute Gasteiger partial charge is 0.125 e. The van der Waals surface area contributed by atoms with E-state index in [1.807, 2.05) is 0 Å². The van der Waals surface area contributed by atoms with E-state index in [1.54, 1.807) is 7.11 Å². The van der Waals surface area contributed by atoms with Gasteiger partial charge >= 0.3 is 0 Å². The molecule has 1 aromatic carbocycles. The maximum atomic E-state index is 5.75. The van der Waals surface area contributed by atoms with Gasteiger partial charge in [0.05, 0.1) is 18.8 Å². The summed E-state index contributed by atoms with van der Waals surface area (Å²) >= 11 is 3.56. The lowest BCUT2D eigenvalue weighted by Crippen LogP contribution is -2.46. The molecule has 4 nitrogen and oxygen atoms in total. The van der Waals surface area contributed by atoms with Gasteiger partial charge in [0, 0.05) is 18.0 Å². The Kier molecular flexibility index (Phi) is 5.21. The van der Waals surface area contributed by atoms with Gasteiger partial charge < -0.3 is 9.47 Å². The van der Waals surface area contributed by atoms with E-state index < -0.39 is 0 Å². The van der Waals surface area contributed by atoms with E-state index in [0.717, 1.165) is 36.1 Å². The topological polar surface area (TPSA) is 56.5 Å². The molecule has 1 heterocycles. The molecule has 1 aromatic rings. The van der Waals surface area contributed by atoms with Crippen LogP contribution in [0.2, 0.25) is 0 Å². The molecule has 0 saturated heterocycles. The van der Waals surface area contributed by atoms with Crippen LogP contribution in [0, 0.1) is 0 Å². The molecule has 1 aliphatic heterocycles. The SMILES string of the molecule is CCC(OC)C(Cc1cc(Br)cc2c1OCC2)NN. The minimum atomic E-state index is 0.0811. The van der Waals surface area contributed by atoms with Crippen molar-refractivity contribution in [2.75, 3.05) is 13.7 Å². The highest BCUT2D eigenvalue weighted by atomic mass is 79.9. The Morgan fingerprint density at radius 3 is 2.95 bits per heavy atom. The summed E-state index contributed by atoms with van der Waals surface area (Å²) in [4.78, 5) is 0. The van der Waals surface area contributed by atoms with Crippen molar-refractivity contribution in [1.82, 2.24) is 5.43 Å². The van der Waals surface area contributed by atoms with Crippen molar-refractivity contribution in [3.05, 3.63) is 27.7 Å². The quantitative estimate of drug-likeness (QED) is 0.620. The fourth-order valence-electron chi connectivity index (χ4n) is 2.65. The van der Waals surface area contributed by atoms with Gasteiger partial charge in [-0.2, -0.15) is 0 Å². The van der Waals surface area contributed by atoms with Crippen LogP contribution < -0.4 is 16.0 Å². The van der Waals surface area contributed by atoms with Gasteiger partial charge in [-0.15, -0.1) is 0 Å². The predicted octanol–water partition coefficient (Wildman–Crippen LogP) is 2.18. The van der Waals surface area contributed by atoms with E-state index in [-0.39, 0.29) is 12.1 Å². The van der Waals surface area contributed by atoms with Gasteiger partial charge in [-0.3, -0.25) is 11.3 Å². The Hall–Kier alpha value is -0.620. The van der Waals surface area contributed by atoms with Crippen LogP contribution in [0.15, 0.2) is 16.6 Å². The van der Waals surface area contributed by atoms with E-state index in [9.17, 15) is 0 Å². The van der Waals surface area contributed by atoms with Crippen molar-refractivity contribution in [3.63, 3.8) is 0 Å². The van der Waals surface area contributed by atoms with Crippen LogP contribution in [0.5, 0.6) is 5.75 Å². The third-order valence-corrected chi connectivity index (χ3v) is 4.09. The minimum absolute atomic E-state index is 0.0811. The number of benzene rings is 1. The molecule has 0 fully saturated rings. The van der Waals surface area contributed by atoms with Crippen molar-refractivity contribution >= 4 is 15.9 Å². The van der Waals surface area contributed by atoms with Gasteiger partial charge in [0.2, 0.25) is 0 Å². The van der Waals surface area contributed by atoms with Crippen LogP contribution in [0.3, 0.4) is 0 Å². The number of halogens is 1. The number of hydrogen-bond donors (Lipinski definition) is 2. The van der Waals surface area contributed by atoms with Crippen LogP contribution in [-0.4, -0.2) is 25.9 Å². The van der Waals surface area contributed by atoms with Crippen LogP contribution in [0.25, 0.3) is 0 Å². The number of hydrazine groups is 1. The average molecular weight is 329 g/mol. The highest BCUT2D eigenvalue weighted by Crippen LogP contribution is 2.34. The molecule has 0 spiro atoms. The van der Waals surface area contributed by atoms with Gasteiger partial charge in [-0.1, -0.05) is 22.9 Å². The molecule has 19 heavy (non-hydrogen) atoms. The van der Waals surface area contributed by atoms with Gasteiger partial charge in [0.1, 0.15) is 5.75 Å². The van der Waals surface area contributed by atoms with Crippen LogP contribution >= 0.6 is 15.9 Å².